The predicted molar refractivity (Wildman–Crippen MR) is 85.2 cm³/mol. The summed E-state index contributed by atoms with van der Waals surface area (Å²) in [4.78, 5) is 23.6. The van der Waals surface area contributed by atoms with Crippen LogP contribution in [0.2, 0.25) is 0 Å². The van der Waals surface area contributed by atoms with Crippen LogP contribution < -0.4 is 0 Å². The molecule has 1 fully saturated rings. The Morgan fingerprint density at radius 2 is 2.09 bits per heavy atom. The number of hydrogen-bond acceptors (Lipinski definition) is 3. The molecule has 0 radical (unpaired) electrons. The van der Waals surface area contributed by atoms with Crippen LogP contribution >= 0.6 is 0 Å². The largest absolute Gasteiger partial charge is 0.348 e. The van der Waals surface area contributed by atoms with Gasteiger partial charge in [-0.3, -0.25) is 9.69 Å². The van der Waals surface area contributed by atoms with Gasteiger partial charge in [0.2, 0.25) is 5.91 Å². The summed E-state index contributed by atoms with van der Waals surface area (Å²) in [6.07, 6.45) is 1.74. The third-order valence-electron chi connectivity index (χ3n) is 4.41. The van der Waals surface area contributed by atoms with Crippen molar-refractivity contribution in [2.45, 2.75) is 26.4 Å². The summed E-state index contributed by atoms with van der Waals surface area (Å²) in [6.45, 7) is 6.89. The van der Waals surface area contributed by atoms with E-state index < -0.39 is 0 Å². The summed E-state index contributed by atoms with van der Waals surface area (Å²) in [7, 11) is 0. The van der Waals surface area contributed by atoms with Crippen LogP contribution in [0.3, 0.4) is 0 Å². The minimum atomic E-state index is 0.150. The predicted octanol–water partition coefficient (Wildman–Crippen LogP) is 2.12. The number of aromatic nitrogens is 2. The molecule has 2 aromatic rings. The molecule has 0 aliphatic carbocycles. The fourth-order valence-electron chi connectivity index (χ4n) is 3.03. The molecular weight excluding hydrogens is 276 g/mol. The Morgan fingerprint density at radius 1 is 1.32 bits per heavy atom. The molecule has 1 atom stereocenters. The van der Waals surface area contributed by atoms with Crippen molar-refractivity contribution >= 4 is 5.91 Å². The van der Waals surface area contributed by atoms with Crippen LogP contribution in [-0.4, -0.2) is 45.3 Å². The molecule has 0 saturated carbocycles. The smallest absolute Gasteiger partial charge is 0.219 e. The highest BCUT2D eigenvalue weighted by Crippen LogP contribution is 2.27. The highest BCUT2D eigenvalue weighted by molar-refractivity contribution is 5.73. The molecule has 3 rings (SSSR count). The van der Waals surface area contributed by atoms with Gasteiger partial charge in [0.25, 0.3) is 0 Å². The molecule has 1 aromatic carbocycles. The van der Waals surface area contributed by atoms with Crippen molar-refractivity contribution < 1.29 is 4.79 Å². The van der Waals surface area contributed by atoms with Crippen LogP contribution in [0.15, 0.2) is 36.7 Å². The molecule has 1 N–H and O–H groups in total. The van der Waals surface area contributed by atoms with Gasteiger partial charge >= 0.3 is 0 Å². The quantitative estimate of drug-likeness (QED) is 0.944. The number of nitrogens with zero attached hydrogens (tertiary/aromatic N) is 3. The lowest BCUT2D eigenvalue weighted by Gasteiger charge is -2.41. The number of benzene rings is 1. The maximum absolute atomic E-state index is 11.7. The molecule has 0 spiro atoms. The van der Waals surface area contributed by atoms with Crippen LogP contribution in [-0.2, 0) is 11.3 Å². The van der Waals surface area contributed by atoms with Crippen LogP contribution in [0, 0.1) is 6.92 Å². The third-order valence-corrected chi connectivity index (χ3v) is 4.41. The molecular formula is C17H22N4O. The molecule has 0 unspecified atom stereocenters. The molecule has 5 nitrogen and oxygen atoms in total. The second-order valence-electron chi connectivity index (χ2n) is 5.84. The Hall–Kier alpha value is -2.14. The van der Waals surface area contributed by atoms with Crippen molar-refractivity contribution in [1.82, 2.24) is 19.8 Å². The first-order valence-corrected chi connectivity index (χ1v) is 7.68. The lowest BCUT2D eigenvalue weighted by atomic mass is 10.0. The Labute approximate surface area is 131 Å². The molecule has 1 aliphatic heterocycles. The number of carbonyl (C=O) groups is 1. The standard InChI is InChI=1S/C17H22N4O/c1-13-16(19-12-18-13)10-21-9-8-20(14(2)22)11-17(21)15-6-4-3-5-7-15/h3-7,12,17H,8-11H2,1-2H3,(H,18,19)/t17-/m1/s1. The Balaban J connectivity index is 1.84. The maximum Gasteiger partial charge on any atom is 0.219 e. The number of amides is 1. The highest BCUT2D eigenvalue weighted by Gasteiger charge is 2.29. The van der Waals surface area contributed by atoms with Crippen LogP contribution in [0.4, 0.5) is 0 Å². The number of piperazine rings is 1. The molecule has 1 amide bonds. The van der Waals surface area contributed by atoms with Gasteiger partial charge < -0.3 is 9.88 Å². The van der Waals surface area contributed by atoms with Crippen molar-refractivity contribution in [3.8, 4) is 0 Å². The zero-order chi connectivity index (χ0) is 15.5. The first kappa shape index (κ1) is 14.8. The van der Waals surface area contributed by atoms with E-state index in [-0.39, 0.29) is 11.9 Å². The molecule has 2 heterocycles. The second kappa shape index (κ2) is 6.32. The van der Waals surface area contributed by atoms with E-state index >= 15 is 0 Å². The monoisotopic (exact) mass is 298 g/mol. The van der Waals surface area contributed by atoms with Gasteiger partial charge in [0.15, 0.2) is 0 Å². The van der Waals surface area contributed by atoms with E-state index in [1.54, 1.807) is 13.3 Å². The van der Waals surface area contributed by atoms with Crippen molar-refractivity contribution in [2.75, 3.05) is 19.6 Å². The van der Waals surface area contributed by atoms with Gasteiger partial charge in [-0.2, -0.15) is 0 Å². The van der Waals surface area contributed by atoms with E-state index in [4.69, 9.17) is 0 Å². The summed E-state index contributed by atoms with van der Waals surface area (Å²) in [5, 5.41) is 0. The number of nitrogens with one attached hydrogen (secondary N) is 1. The molecule has 22 heavy (non-hydrogen) atoms. The average molecular weight is 298 g/mol. The fourth-order valence-corrected chi connectivity index (χ4v) is 3.03. The number of aromatic amines is 1. The summed E-state index contributed by atoms with van der Waals surface area (Å²) in [5.74, 6) is 0.150. The van der Waals surface area contributed by atoms with Gasteiger partial charge in [0.1, 0.15) is 0 Å². The van der Waals surface area contributed by atoms with Crippen LogP contribution in [0.5, 0.6) is 0 Å². The minimum Gasteiger partial charge on any atom is -0.348 e. The van der Waals surface area contributed by atoms with Crippen LogP contribution in [0.1, 0.15) is 29.9 Å². The summed E-state index contributed by atoms with van der Waals surface area (Å²) < 4.78 is 0. The second-order valence-corrected chi connectivity index (χ2v) is 5.84. The Kier molecular flexibility index (Phi) is 4.24. The molecule has 5 heteroatoms. The highest BCUT2D eigenvalue weighted by atomic mass is 16.2. The van der Waals surface area contributed by atoms with Gasteiger partial charge in [0.05, 0.1) is 18.1 Å². The van der Waals surface area contributed by atoms with E-state index in [0.29, 0.717) is 0 Å². The number of aryl methyl sites for hydroxylation is 1. The summed E-state index contributed by atoms with van der Waals surface area (Å²) in [6, 6.07) is 10.6. The molecule has 1 saturated heterocycles. The normalized spacial score (nSPS) is 19.4. The topological polar surface area (TPSA) is 52.2 Å². The third kappa shape index (κ3) is 3.04. The number of hydrogen-bond donors (Lipinski definition) is 1. The first-order chi connectivity index (χ1) is 10.6. The Morgan fingerprint density at radius 3 is 2.73 bits per heavy atom. The van der Waals surface area contributed by atoms with E-state index in [9.17, 15) is 4.79 Å². The van der Waals surface area contributed by atoms with Gasteiger partial charge in [-0.15, -0.1) is 0 Å². The molecule has 0 bridgehead atoms. The number of carbonyl (C=O) groups excluding carboxylic acids is 1. The first-order valence-electron chi connectivity index (χ1n) is 7.68. The minimum absolute atomic E-state index is 0.150. The Bertz CT molecular complexity index is 637. The lowest BCUT2D eigenvalue weighted by molar-refractivity contribution is -0.132. The van der Waals surface area contributed by atoms with Crippen LogP contribution in [0.25, 0.3) is 0 Å². The fraction of sp³-hybridized carbons (Fsp3) is 0.412. The van der Waals surface area contributed by atoms with Crippen molar-refractivity contribution in [3.63, 3.8) is 0 Å². The molecule has 1 aromatic heterocycles. The maximum atomic E-state index is 11.7. The number of imidazole rings is 1. The zero-order valence-electron chi connectivity index (χ0n) is 13.1. The average Bonchev–Trinajstić information content (AvgIpc) is 2.93. The zero-order valence-corrected chi connectivity index (χ0v) is 13.1. The molecule has 116 valence electrons. The number of rotatable bonds is 3. The lowest BCUT2D eigenvalue weighted by Crippen LogP contribution is -2.49. The van der Waals surface area contributed by atoms with Crippen molar-refractivity contribution in [2.24, 2.45) is 0 Å². The van der Waals surface area contributed by atoms with Gasteiger partial charge in [-0.05, 0) is 12.5 Å². The molecule has 1 aliphatic rings. The van der Waals surface area contributed by atoms with Crippen molar-refractivity contribution in [3.05, 3.63) is 53.6 Å². The number of H-pyrrole nitrogens is 1. The van der Waals surface area contributed by atoms with Gasteiger partial charge in [-0.25, -0.2) is 4.98 Å². The van der Waals surface area contributed by atoms with E-state index in [2.05, 4.69) is 39.1 Å². The summed E-state index contributed by atoms with van der Waals surface area (Å²) in [5.41, 5.74) is 3.44. The SMILES string of the molecule is CC(=O)N1CCN(Cc2nc[nH]c2C)[C@@H](c2ccccc2)C1. The van der Waals surface area contributed by atoms with Crippen molar-refractivity contribution in [1.29, 1.82) is 0 Å². The van der Waals surface area contributed by atoms with E-state index in [1.807, 2.05) is 17.9 Å². The van der Waals surface area contributed by atoms with Gasteiger partial charge in [0, 0.05) is 38.8 Å². The van der Waals surface area contributed by atoms with E-state index in [1.165, 1.54) is 5.56 Å². The summed E-state index contributed by atoms with van der Waals surface area (Å²) >= 11 is 0. The van der Waals surface area contributed by atoms with E-state index in [0.717, 1.165) is 37.6 Å². The van der Waals surface area contributed by atoms with Gasteiger partial charge in [-0.1, -0.05) is 30.3 Å².